The van der Waals surface area contributed by atoms with E-state index in [9.17, 15) is 10.1 Å². The molecule has 0 saturated carbocycles. The lowest BCUT2D eigenvalue weighted by molar-refractivity contribution is -0.384. The predicted molar refractivity (Wildman–Crippen MR) is 70.8 cm³/mol. The van der Waals surface area contributed by atoms with Crippen LogP contribution in [0.25, 0.3) is 0 Å². The number of ether oxygens (including phenoxy) is 1. The van der Waals surface area contributed by atoms with E-state index in [2.05, 4.69) is 11.2 Å². The number of hydrogen-bond donors (Lipinski definition) is 1. The van der Waals surface area contributed by atoms with Crippen LogP contribution in [0.5, 0.6) is 5.75 Å². The van der Waals surface area contributed by atoms with Crippen molar-refractivity contribution in [1.29, 1.82) is 0 Å². The van der Waals surface area contributed by atoms with Gasteiger partial charge in [-0.3, -0.25) is 10.1 Å². The van der Waals surface area contributed by atoms with Gasteiger partial charge < -0.3 is 10.1 Å². The molecule has 96 valence electrons. The van der Waals surface area contributed by atoms with Crippen molar-refractivity contribution < 1.29 is 9.66 Å². The standard InChI is InChI=1S/C13H16N2O3/c1-4-6-10(5-2)14-11-7-12(15(16)17)9-13(8-11)18-3/h1,7-10,14H,5-6H2,2-3H3. The molecule has 0 saturated heterocycles. The van der Waals surface area contributed by atoms with Crippen molar-refractivity contribution in [2.75, 3.05) is 12.4 Å². The molecule has 5 nitrogen and oxygen atoms in total. The largest absolute Gasteiger partial charge is 0.496 e. The van der Waals surface area contributed by atoms with E-state index < -0.39 is 4.92 Å². The highest BCUT2D eigenvalue weighted by Gasteiger charge is 2.12. The first kappa shape index (κ1) is 13.8. The van der Waals surface area contributed by atoms with Crippen LogP contribution in [0.1, 0.15) is 19.8 Å². The lowest BCUT2D eigenvalue weighted by Gasteiger charge is -2.16. The Kier molecular flexibility index (Phi) is 5.00. The number of nitro benzene ring substituents is 1. The molecular formula is C13H16N2O3. The van der Waals surface area contributed by atoms with Crippen LogP contribution >= 0.6 is 0 Å². The van der Waals surface area contributed by atoms with E-state index in [1.807, 2.05) is 6.92 Å². The molecule has 0 fully saturated rings. The third kappa shape index (κ3) is 3.67. The lowest BCUT2D eigenvalue weighted by atomic mass is 10.1. The van der Waals surface area contributed by atoms with E-state index >= 15 is 0 Å². The van der Waals surface area contributed by atoms with E-state index in [-0.39, 0.29) is 11.7 Å². The van der Waals surface area contributed by atoms with Gasteiger partial charge in [0, 0.05) is 30.3 Å². The van der Waals surface area contributed by atoms with Gasteiger partial charge in [0.1, 0.15) is 5.75 Å². The minimum absolute atomic E-state index is 0.00703. The van der Waals surface area contributed by atoms with Gasteiger partial charge in [0.25, 0.3) is 5.69 Å². The summed E-state index contributed by atoms with van der Waals surface area (Å²) in [6, 6.07) is 4.67. The number of nitrogens with one attached hydrogen (secondary N) is 1. The minimum Gasteiger partial charge on any atom is -0.496 e. The number of non-ortho nitro benzene ring substituents is 1. The Hall–Kier alpha value is -2.22. The summed E-state index contributed by atoms with van der Waals surface area (Å²) in [7, 11) is 1.47. The quantitative estimate of drug-likeness (QED) is 0.477. The summed E-state index contributed by atoms with van der Waals surface area (Å²) in [5.41, 5.74) is 0.635. The molecule has 1 atom stereocenters. The first-order valence-electron chi connectivity index (χ1n) is 5.64. The summed E-state index contributed by atoms with van der Waals surface area (Å²) in [4.78, 5) is 10.3. The van der Waals surface area contributed by atoms with Gasteiger partial charge in [-0.2, -0.15) is 0 Å². The normalized spacial score (nSPS) is 11.4. The summed E-state index contributed by atoms with van der Waals surface area (Å²) >= 11 is 0. The fraction of sp³-hybridized carbons (Fsp3) is 0.385. The zero-order valence-corrected chi connectivity index (χ0v) is 10.5. The van der Waals surface area contributed by atoms with Crippen LogP contribution in [0.15, 0.2) is 18.2 Å². The maximum atomic E-state index is 10.8. The highest BCUT2D eigenvalue weighted by atomic mass is 16.6. The molecule has 1 aromatic rings. The number of hydrogen-bond acceptors (Lipinski definition) is 4. The predicted octanol–water partition coefficient (Wildman–Crippen LogP) is 2.82. The number of anilines is 1. The third-order valence-corrected chi connectivity index (χ3v) is 2.57. The Morgan fingerprint density at radius 2 is 2.28 bits per heavy atom. The Morgan fingerprint density at radius 3 is 2.78 bits per heavy atom. The lowest BCUT2D eigenvalue weighted by Crippen LogP contribution is -2.17. The molecule has 0 aliphatic carbocycles. The van der Waals surface area contributed by atoms with Crippen LogP contribution in [-0.4, -0.2) is 18.1 Å². The summed E-state index contributed by atoms with van der Waals surface area (Å²) in [6.45, 7) is 2.00. The SMILES string of the molecule is C#CCC(CC)Nc1cc(OC)cc([N+](=O)[O-])c1. The van der Waals surface area contributed by atoms with Crippen LogP contribution in [0, 0.1) is 22.5 Å². The minimum atomic E-state index is -0.449. The Morgan fingerprint density at radius 1 is 1.56 bits per heavy atom. The van der Waals surface area contributed by atoms with Gasteiger partial charge in [0.2, 0.25) is 0 Å². The molecule has 18 heavy (non-hydrogen) atoms. The van der Waals surface area contributed by atoms with Gasteiger partial charge in [-0.05, 0) is 6.42 Å². The molecule has 0 spiro atoms. The van der Waals surface area contributed by atoms with E-state index in [0.717, 1.165) is 6.42 Å². The van der Waals surface area contributed by atoms with Crippen LogP contribution in [0.2, 0.25) is 0 Å². The van der Waals surface area contributed by atoms with Crippen molar-refractivity contribution in [3.05, 3.63) is 28.3 Å². The van der Waals surface area contributed by atoms with Crippen molar-refractivity contribution >= 4 is 11.4 Å². The van der Waals surface area contributed by atoms with E-state index in [1.165, 1.54) is 19.2 Å². The molecule has 1 aromatic carbocycles. The highest BCUT2D eigenvalue weighted by Crippen LogP contribution is 2.26. The molecule has 5 heteroatoms. The summed E-state index contributed by atoms with van der Waals surface area (Å²) in [6.07, 6.45) is 6.68. The van der Waals surface area contributed by atoms with Crippen molar-refractivity contribution in [2.45, 2.75) is 25.8 Å². The molecule has 1 N–H and O–H groups in total. The number of terminal acetylenes is 1. The number of nitro groups is 1. The third-order valence-electron chi connectivity index (χ3n) is 2.57. The van der Waals surface area contributed by atoms with Crippen molar-refractivity contribution in [2.24, 2.45) is 0 Å². The second-order valence-electron chi connectivity index (χ2n) is 3.83. The monoisotopic (exact) mass is 248 g/mol. The molecule has 0 bridgehead atoms. The number of nitrogens with zero attached hydrogens (tertiary/aromatic N) is 1. The number of rotatable bonds is 6. The summed E-state index contributed by atoms with van der Waals surface area (Å²) < 4.78 is 5.04. The molecule has 0 heterocycles. The number of benzene rings is 1. The van der Waals surface area contributed by atoms with Gasteiger partial charge in [0.05, 0.1) is 18.1 Å². The van der Waals surface area contributed by atoms with Crippen molar-refractivity contribution in [3.63, 3.8) is 0 Å². The van der Waals surface area contributed by atoms with Gasteiger partial charge in [-0.1, -0.05) is 6.92 Å². The fourth-order valence-corrected chi connectivity index (χ4v) is 1.57. The van der Waals surface area contributed by atoms with Gasteiger partial charge in [-0.15, -0.1) is 12.3 Å². The summed E-state index contributed by atoms with van der Waals surface area (Å²) in [5.74, 6) is 3.02. The van der Waals surface area contributed by atoms with E-state index in [4.69, 9.17) is 11.2 Å². The highest BCUT2D eigenvalue weighted by molar-refractivity contribution is 5.56. The van der Waals surface area contributed by atoms with Gasteiger partial charge in [0.15, 0.2) is 0 Å². The average Bonchev–Trinajstić information content (AvgIpc) is 2.37. The smallest absolute Gasteiger partial charge is 0.275 e. The molecule has 1 rings (SSSR count). The topological polar surface area (TPSA) is 64.4 Å². The van der Waals surface area contributed by atoms with Crippen LogP contribution in [0.4, 0.5) is 11.4 Å². The molecule has 1 unspecified atom stereocenters. The zero-order valence-electron chi connectivity index (χ0n) is 10.5. The van der Waals surface area contributed by atoms with Crippen molar-refractivity contribution in [1.82, 2.24) is 0 Å². The first-order valence-corrected chi connectivity index (χ1v) is 5.64. The average molecular weight is 248 g/mol. The second-order valence-corrected chi connectivity index (χ2v) is 3.83. The first-order chi connectivity index (χ1) is 8.60. The molecule has 0 radical (unpaired) electrons. The molecule has 0 aromatic heterocycles. The maximum Gasteiger partial charge on any atom is 0.275 e. The molecule has 0 aliphatic heterocycles. The van der Waals surface area contributed by atoms with E-state index in [0.29, 0.717) is 17.9 Å². The summed E-state index contributed by atoms with van der Waals surface area (Å²) in [5, 5.41) is 14.0. The van der Waals surface area contributed by atoms with E-state index in [1.54, 1.807) is 6.07 Å². The molecular weight excluding hydrogens is 232 g/mol. The molecule has 0 aliphatic rings. The van der Waals surface area contributed by atoms with Gasteiger partial charge >= 0.3 is 0 Å². The maximum absolute atomic E-state index is 10.8. The Balaban J connectivity index is 2.97. The Labute approximate surface area is 106 Å². The van der Waals surface area contributed by atoms with Crippen LogP contribution in [0.3, 0.4) is 0 Å². The van der Waals surface area contributed by atoms with Crippen LogP contribution in [-0.2, 0) is 0 Å². The second kappa shape index (κ2) is 6.50. The van der Waals surface area contributed by atoms with Crippen molar-refractivity contribution in [3.8, 4) is 18.1 Å². The zero-order chi connectivity index (χ0) is 13.5. The van der Waals surface area contributed by atoms with Crippen LogP contribution < -0.4 is 10.1 Å². The Bertz CT molecular complexity index is 466. The number of methoxy groups -OCH3 is 1. The molecule has 0 amide bonds. The fourth-order valence-electron chi connectivity index (χ4n) is 1.57. The van der Waals surface area contributed by atoms with Gasteiger partial charge in [-0.25, -0.2) is 0 Å².